The lowest BCUT2D eigenvalue weighted by molar-refractivity contribution is 0.466. The number of nitrogens with zero attached hydrogens (tertiary/aromatic N) is 2. The maximum Gasteiger partial charge on any atom is 0.276 e. The zero-order valence-electron chi connectivity index (χ0n) is 13.0. The largest absolute Gasteiger partial charge is 0.411 e. The standard InChI is InChI=1S/C16H11BrCl2N2O3S2/c17-11-3-1-2-10(8-11)15-20-21-16(24-15)25-6-7-26(22,23)14-9-12(18)4-5-13(14)19/h1-5,8-9H,6-7H2. The number of halogens is 3. The van der Waals surface area contributed by atoms with E-state index in [1.165, 1.54) is 12.1 Å². The van der Waals surface area contributed by atoms with Crippen LogP contribution in [0.4, 0.5) is 0 Å². The SMILES string of the molecule is O=S(=O)(CCSc1nnc(-c2cccc(Br)c2)o1)c1cc(Cl)ccc1Cl. The Kier molecular flexibility index (Phi) is 6.29. The smallest absolute Gasteiger partial charge is 0.276 e. The second-order valence-electron chi connectivity index (χ2n) is 5.13. The minimum atomic E-state index is -3.57. The second-order valence-corrected chi connectivity index (χ2v) is 10.0. The minimum Gasteiger partial charge on any atom is -0.411 e. The van der Waals surface area contributed by atoms with Crippen LogP contribution in [0.25, 0.3) is 11.5 Å². The monoisotopic (exact) mass is 492 g/mol. The molecule has 0 spiro atoms. The molecular weight excluding hydrogens is 483 g/mol. The minimum absolute atomic E-state index is 0.0209. The molecular formula is C16H11BrCl2N2O3S2. The summed E-state index contributed by atoms with van der Waals surface area (Å²) < 4.78 is 31.3. The normalized spacial score (nSPS) is 11.7. The lowest BCUT2D eigenvalue weighted by atomic mass is 10.2. The summed E-state index contributed by atoms with van der Waals surface area (Å²) in [6.45, 7) is 0. The van der Waals surface area contributed by atoms with Crippen LogP contribution < -0.4 is 0 Å². The van der Waals surface area contributed by atoms with Crippen LogP contribution in [0, 0.1) is 0 Å². The summed E-state index contributed by atoms with van der Waals surface area (Å²) in [5, 5.41) is 8.68. The summed E-state index contributed by atoms with van der Waals surface area (Å²) in [6, 6.07) is 11.8. The predicted molar refractivity (Wildman–Crippen MR) is 107 cm³/mol. The highest BCUT2D eigenvalue weighted by atomic mass is 79.9. The van der Waals surface area contributed by atoms with Crippen LogP contribution in [0.3, 0.4) is 0 Å². The first-order chi connectivity index (χ1) is 12.3. The molecule has 0 aliphatic carbocycles. The molecule has 3 rings (SSSR count). The van der Waals surface area contributed by atoms with Crippen molar-refractivity contribution in [1.82, 2.24) is 10.2 Å². The van der Waals surface area contributed by atoms with E-state index in [9.17, 15) is 8.42 Å². The number of thioether (sulfide) groups is 1. The average molecular weight is 494 g/mol. The molecule has 0 aliphatic heterocycles. The van der Waals surface area contributed by atoms with Crippen LogP contribution >= 0.6 is 50.9 Å². The van der Waals surface area contributed by atoms with Gasteiger partial charge in [-0.25, -0.2) is 8.42 Å². The average Bonchev–Trinajstić information content (AvgIpc) is 3.06. The summed E-state index contributed by atoms with van der Waals surface area (Å²) in [4.78, 5) is 0.0209. The number of sulfone groups is 1. The molecule has 0 unspecified atom stereocenters. The Morgan fingerprint density at radius 2 is 1.92 bits per heavy atom. The quantitative estimate of drug-likeness (QED) is 0.429. The van der Waals surface area contributed by atoms with E-state index in [-0.39, 0.29) is 21.4 Å². The van der Waals surface area contributed by atoms with Crippen LogP contribution in [0.2, 0.25) is 10.0 Å². The fourth-order valence-corrected chi connectivity index (χ4v) is 5.69. The third-order valence-electron chi connectivity index (χ3n) is 3.28. The highest BCUT2D eigenvalue weighted by Crippen LogP contribution is 2.28. The van der Waals surface area contributed by atoms with Crippen molar-refractivity contribution in [3.63, 3.8) is 0 Å². The Bertz CT molecular complexity index is 1040. The molecule has 0 saturated heterocycles. The Balaban J connectivity index is 1.66. The Morgan fingerprint density at radius 3 is 2.69 bits per heavy atom. The number of hydrogen-bond donors (Lipinski definition) is 0. The van der Waals surface area contributed by atoms with E-state index in [2.05, 4.69) is 26.1 Å². The molecule has 0 aliphatic rings. The molecule has 0 bridgehead atoms. The van der Waals surface area contributed by atoms with E-state index in [1.54, 1.807) is 6.07 Å². The van der Waals surface area contributed by atoms with Gasteiger partial charge < -0.3 is 4.42 Å². The first-order valence-corrected chi connectivity index (χ1v) is 11.4. The van der Waals surface area contributed by atoms with E-state index in [0.29, 0.717) is 16.1 Å². The van der Waals surface area contributed by atoms with Crippen molar-refractivity contribution >= 4 is 60.7 Å². The molecule has 1 aromatic heterocycles. The van der Waals surface area contributed by atoms with Crippen molar-refractivity contribution in [2.45, 2.75) is 10.1 Å². The Hall–Kier alpha value is -1.06. The maximum absolute atomic E-state index is 12.4. The van der Waals surface area contributed by atoms with Crippen molar-refractivity contribution < 1.29 is 12.8 Å². The van der Waals surface area contributed by atoms with Gasteiger partial charge >= 0.3 is 0 Å². The molecule has 0 saturated carbocycles. The highest BCUT2D eigenvalue weighted by Gasteiger charge is 2.19. The summed E-state index contributed by atoms with van der Waals surface area (Å²) in [7, 11) is -3.57. The molecule has 3 aromatic rings. The molecule has 0 amide bonds. The van der Waals surface area contributed by atoms with Crippen molar-refractivity contribution in [3.05, 3.63) is 57.0 Å². The first-order valence-electron chi connectivity index (χ1n) is 7.25. The van der Waals surface area contributed by atoms with Crippen molar-refractivity contribution in [2.24, 2.45) is 0 Å². The first kappa shape index (κ1) is 19.7. The molecule has 1 heterocycles. The van der Waals surface area contributed by atoms with Gasteiger partial charge in [0, 0.05) is 20.8 Å². The lowest BCUT2D eigenvalue weighted by Gasteiger charge is -2.06. The van der Waals surface area contributed by atoms with Gasteiger partial charge in [0.1, 0.15) is 0 Å². The molecule has 10 heteroatoms. The molecule has 2 aromatic carbocycles. The van der Waals surface area contributed by atoms with Gasteiger partial charge in [-0.05, 0) is 36.4 Å². The van der Waals surface area contributed by atoms with Gasteiger partial charge in [-0.1, -0.05) is 57.0 Å². The van der Waals surface area contributed by atoms with Crippen LogP contribution in [0.5, 0.6) is 0 Å². The maximum atomic E-state index is 12.4. The van der Waals surface area contributed by atoms with Crippen molar-refractivity contribution in [2.75, 3.05) is 11.5 Å². The molecule has 0 radical (unpaired) electrons. The van der Waals surface area contributed by atoms with Gasteiger partial charge in [0.2, 0.25) is 5.89 Å². The second kappa shape index (κ2) is 8.31. The summed E-state index contributed by atoms with van der Waals surface area (Å²) >= 11 is 16.4. The van der Waals surface area contributed by atoms with Crippen LogP contribution in [0.15, 0.2) is 61.5 Å². The molecule has 0 atom stereocenters. The molecule has 0 fully saturated rings. The van der Waals surface area contributed by atoms with Crippen LogP contribution in [-0.4, -0.2) is 30.1 Å². The summed E-state index contributed by atoms with van der Waals surface area (Å²) in [5.41, 5.74) is 0.775. The molecule has 136 valence electrons. The number of benzene rings is 2. The van der Waals surface area contributed by atoms with Gasteiger partial charge in [-0.15, -0.1) is 10.2 Å². The van der Waals surface area contributed by atoms with Gasteiger partial charge in [0.15, 0.2) is 9.84 Å². The highest BCUT2D eigenvalue weighted by molar-refractivity contribution is 9.10. The predicted octanol–water partition coefficient (Wildman–Crippen LogP) is 5.37. The number of hydrogen-bond acceptors (Lipinski definition) is 6. The third kappa shape index (κ3) is 4.80. The third-order valence-corrected chi connectivity index (χ3v) is 7.28. The van der Waals surface area contributed by atoms with Gasteiger partial charge in [-0.3, -0.25) is 0 Å². The van der Waals surface area contributed by atoms with E-state index < -0.39 is 9.84 Å². The van der Waals surface area contributed by atoms with Crippen LogP contribution in [0.1, 0.15) is 0 Å². The van der Waals surface area contributed by atoms with Gasteiger partial charge in [0.05, 0.1) is 15.7 Å². The van der Waals surface area contributed by atoms with E-state index >= 15 is 0 Å². The number of rotatable bonds is 6. The zero-order chi connectivity index (χ0) is 18.7. The topological polar surface area (TPSA) is 73.1 Å². The summed E-state index contributed by atoms with van der Waals surface area (Å²) in [5.74, 6) is 0.479. The number of aromatic nitrogens is 2. The van der Waals surface area contributed by atoms with E-state index in [1.807, 2.05) is 24.3 Å². The fourth-order valence-electron chi connectivity index (χ4n) is 2.07. The Morgan fingerprint density at radius 1 is 1.12 bits per heavy atom. The summed E-state index contributed by atoms with van der Waals surface area (Å²) in [6.07, 6.45) is 0. The fraction of sp³-hybridized carbons (Fsp3) is 0.125. The van der Waals surface area contributed by atoms with E-state index in [4.69, 9.17) is 27.6 Å². The van der Waals surface area contributed by atoms with Gasteiger partial charge in [-0.2, -0.15) is 0 Å². The van der Waals surface area contributed by atoms with E-state index in [0.717, 1.165) is 21.8 Å². The molecule has 5 nitrogen and oxygen atoms in total. The van der Waals surface area contributed by atoms with Crippen LogP contribution in [-0.2, 0) is 9.84 Å². The zero-order valence-corrected chi connectivity index (χ0v) is 17.8. The molecule has 26 heavy (non-hydrogen) atoms. The molecule has 0 N–H and O–H groups in total. The Labute approximate surface area is 173 Å². The van der Waals surface area contributed by atoms with Gasteiger partial charge in [0.25, 0.3) is 5.22 Å². The van der Waals surface area contributed by atoms with Crippen molar-refractivity contribution in [1.29, 1.82) is 0 Å². The lowest BCUT2D eigenvalue weighted by Crippen LogP contribution is -2.09. The van der Waals surface area contributed by atoms with Crippen molar-refractivity contribution in [3.8, 4) is 11.5 Å².